The van der Waals surface area contributed by atoms with Gasteiger partial charge in [-0.2, -0.15) is 4.98 Å². The molecule has 9 heteroatoms. The second-order valence-corrected chi connectivity index (χ2v) is 8.52. The highest BCUT2D eigenvalue weighted by Crippen LogP contribution is 2.36. The van der Waals surface area contributed by atoms with E-state index in [-0.39, 0.29) is 11.7 Å². The quantitative estimate of drug-likeness (QED) is 0.388. The normalized spacial score (nSPS) is 14.7. The molecule has 0 spiro atoms. The largest absolute Gasteiger partial charge is 0.772 e. The Morgan fingerprint density at radius 1 is 1.19 bits per heavy atom. The van der Waals surface area contributed by atoms with Crippen molar-refractivity contribution in [1.82, 2.24) is 15.5 Å². The maximum Gasteiger partial charge on any atom is 0.255 e. The highest BCUT2D eigenvalue weighted by molar-refractivity contribution is 7.79. The molecule has 4 rings (SSSR count). The first-order valence-electron chi connectivity index (χ1n) is 10.2. The molecule has 1 saturated carbocycles. The van der Waals surface area contributed by atoms with Gasteiger partial charge in [0.15, 0.2) is 0 Å². The van der Waals surface area contributed by atoms with Crippen LogP contribution in [0.3, 0.4) is 0 Å². The van der Waals surface area contributed by atoms with Gasteiger partial charge in [-0.05, 0) is 54.8 Å². The van der Waals surface area contributed by atoms with E-state index in [4.69, 9.17) is 4.52 Å². The lowest BCUT2D eigenvalue weighted by molar-refractivity contribution is 0.102. The molecule has 162 valence electrons. The molecule has 1 aliphatic carbocycles. The van der Waals surface area contributed by atoms with Gasteiger partial charge in [-0.1, -0.05) is 34.8 Å². The number of hydrogen-bond donors (Lipinski definition) is 2. The summed E-state index contributed by atoms with van der Waals surface area (Å²) < 4.78 is 26.5. The second kappa shape index (κ2) is 9.95. The maximum atomic E-state index is 12.6. The van der Waals surface area contributed by atoms with Crippen LogP contribution in [0.25, 0.3) is 11.4 Å². The number of benzene rings is 2. The topological polar surface area (TPSA) is 120 Å². The molecule has 0 saturated heterocycles. The third-order valence-electron chi connectivity index (χ3n) is 5.26. The molecule has 1 fully saturated rings. The number of rotatable bonds is 9. The third-order valence-corrected chi connectivity index (χ3v) is 5.80. The lowest BCUT2D eigenvalue weighted by atomic mass is 9.85. The van der Waals surface area contributed by atoms with Crippen LogP contribution in [0.4, 0.5) is 5.69 Å². The molecule has 1 atom stereocenters. The number of carbonyl (C=O) groups is 1. The summed E-state index contributed by atoms with van der Waals surface area (Å²) in [6, 6.07) is 14.5. The number of carbonyl (C=O) groups excluding carboxylic acids is 1. The van der Waals surface area contributed by atoms with Crippen molar-refractivity contribution in [3.8, 4) is 11.4 Å². The zero-order chi connectivity index (χ0) is 21.6. The van der Waals surface area contributed by atoms with Crippen LogP contribution in [0.2, 0.25) is 0 Å². The molecule has 1 amide bonds. The van der Waals surface area contributed by atoms with E-state index in [0.29, 0.717) is 42.0 Å². The fraction of sp³-hybridized carbons (Fsp3) is 0.318. The van der Waals surface area contributed by atoms with Crippen LogP contribution < -0.4 is 10.6 Å². The minimum absolute atomic E-state index is 0.0575. The molecule has 2 aromatic carbocycles. The van der Waals surface area contributed by atoms with E-state index in [2.05, 4.69) is 20.8 Å². The molecular weight excluding hydrogens is 416 g/mol. The average Bonchev–Trinajstić information content (AvgIpc) is 3.20. The van der Waals surface area contributed by atoms with Crippen LogP contribution in [0.5, 0.6) is 0 Å². The van der Waals surface area contributed by atoms with Gasteiger partial charge < -0.3 is 19.7 Å². The van der Waals surface area contributed by atoms with E-state index < -0.39 is 11.1 Å². The van der Waals surface area contributed by atoms with Gasteiger partial charge in [-0.25, -0.2) is 0 Å². The van der Waals surface area contributed by atoms with Crippen LogP contribution in [-0.4, -0.2) is 37.1 Å². The van der Waals surface area contributed by atoms with E-state index in [1.165, 1.54) is 6.42 Å². The average molecular weight is 440 g/mol. The predicted molar refractivity (Wildman–Crippen MR) is 116 cm³/mol. The van der Waals surface area contributed by atoms with Gasteiger partial charge in [0.25, 0.3) is 5.91 Å². The summed E-state index contributed by atoms with van der Waals surface area (Å²) in [4.78, 5) is 17.1. The van der Waals surface area contributed by atoms with Gasteiger partial charge in [0.1, 0.15) is 0 Å². The van der Waals surface area contributed by atoms with E-state index in [1.54, 1.807) is 30.3 Å². The number of anilines is 1. The minimum atomic E-state index is -2.06. The van der Waals surface area contributed by atoms with Crippen LogP contribution in [-0.2, 0) is 17.6 Å². The van der Waals surface area contributed by atoms with Crippen LogP contribution >= 0.6 is 0 Å². The zero-order valence-electron chi connectivity index (χ0n) is 16.9. The highest BCUT2D eigenvalue weighted by atomic mass is 32.2. The summed E-state index contributed by atoms with van der Waals surface area (Å²) in [5.74, 6) is 1.49. The summed E-state index contributed by atoms with van der Waals surface area (Å²) in [7, 11) is 0. The first kappa shape index (κ1) is 21.4. The van der Waals surface area contributed by atoms with Crippen LogP contribution in [0, 0.1) is 0 Å². The Labute approximate surface area is 182 Å². The van der Waals surface area contributed by atoms with Gasteiger partial charge in [-0.3, -0.25) is 9.00 Å². The van der Waals surface area contributed by atoms with Crippen molar-refractivity contribution in [2.45, 2.75) is 31.7 Å². The molecule has 1 unspecified atom stereocenters. The fourth-order valence-electron chi connectivity index (χ4n) is 3.29. The number of amides is 1. The van der Waals surface area contributed by atoms with E-state index >= 15 is 0 Å². The smallest absolute Gasteiger partial charge is 0.255 e. The SMILES string of the molecule is O=C(Nc1ccc(-c2noc(C3CCC3)n2)cc1)c1cccc(CNCCS(=O)[O-])c1. The second-order valence-electron chi connectivity index (χ2n) is 7.50. The summed E-state index contributed by atoms with van der Waals surface area (Å²) in [5.41, 5.74) is 2.93. The lowest BCUT2D eigenvalue weighted by Crippen LogP contribution is -2.20. The van der Waals surface area contributed by atoms with Crippen molar-refractivity contribution in [2.24, 2.45) is 0 Å². The molecule has 8 nitrogen and oxygen atoms in total. The fourth-order valence-corrected chi connectivity index (χ4v) is 3.60. The molecule has 0 bridgehead atoms. The molecule has 1 heterocycles. The Morgan fingerprint density at radius 3 is 2.71 bits per heavy atom. The number of hydrogen-bond acceptors (Lipinski definition) is 7. The van der Waals surface area contributed by atoms with Gasteiger partial charge >= 0.3 is 0 Å². The van der Waals surface area contributed by atoms with Crippen molar-refractivity contribution in [2.75, 3.05) is 17.6 Å². The van der Waals surface area contributed by atoms with Crippen molar-refractivity contribution in [3.63, 3.8) is 0 Å². The molecule has 2 N–H and O–H groups in total. The Balaban J connectivity index is 1.34. The van der Waals surface area contributed by atoms with Crippen molar-refractivity contribution < 1.29 is 18.1 Å². The molecular formula is C22H23N4O4S-. The maximum absolute atomic E-state index is 12.6. The number of aromatic nitrogens is 2. The van der Waals surface area contributed by atoms with Gasteiger partial charge in [-0.15, -0.1) is 0 Å². The Morgan fingerprint density at radius 2 is 2.00 bits per heavy atom. The van der Waals surface area contributed by atoms with E-state index in [0.717, 1.165) is 24.0 Å². The first-order chi connectivity index (χ1) is 15.1. The third kappa shape index (κ3) is 5.63. The first-order valence-corrected chi connectivity index (χ1v) is 11.4. The van der Waals surface area contributed by atoms with Crippen molar-refractivity contribution in [1.29, 1.82) is 0 Å². The molecule has 1 aromatic heterocycles. The van der Waals surface area contributed by atoms with Crippen LogP contribution in [0.15, 0.2) is 53.1 Å². The lowest BCUT2D eigenvalue weighted by Gasteiger charge is -2.20. The molecule has 3 aromatic rings. The van der Waals surface area contributed by atoms with Gasteiger partial charge in [0.2, 0.25) is 11.7 Å². The predicted octanol–water partition coefficient (Wildman–Crippen LogP) is 3.23. The summed E-state index contributed by atoms with van der Waals surface area (Å²) >= 11 is -2.06. The highest BCUT2D eigenvalue weighted by Gasteiger charge is 2.25. The Hall–Kier alpha value is -2.88. The standard InChI is InChI=1S/C22H24N4O4S/c27-21(18-6-1-3-15(13-18)14-23-11-12-31(28)29)24-19-9-7-16(8-10-19)20-25-22(30-26-20)17-4-2-5-17/h1,3,6-10,13,17,23H,2,4-5,11-12,14H2,(H,24,27)(H,28,29)/p-1. The van der Waals surface area contributed by atoms with Crippen molar-refractivity contribution in [3.05, 3.63) is 65.5 Å². The molecule has 0 radical (unpaired) electrons. The van der Waals surface area contributed by atoms with Crippen molar-refractivity contribution >= 4 is 22.7 Å². The van der Waals surface area contributed by atoms with E-state index in [9.17, 15) is 13.6 Å². The zero-order valence-corrected chi connectivity index (χ0v) is 17.7. The van der Waals surface area contributed by atoms with Gasteiger partial charge in [0, 0.05) is 41.6 Å². The minimum Gasteiger partial charge on any atom is -0.772 e. The summed E-state index contributed by atoms with van der Waals surface area (Å²) in [5, 5.41) is 9.99. The Bertz CT molecular complexity index is 1060. The molecule has 31 heavy (non-hydrogen) atoms. The molecule has 0 aliphatic heterocycles. The number of nitrogens with one attached hydrogen (secondary N) is 2. The summed E-state index contributed by atoms with van der Waals surface area (Å²) in [6.07, 6.45) is 3.41. The Kier molecular flexibility index (Phi) is 6.86. The van der Waals surface area contributed by atoms with E-state index in [1.807, 2.05) is 18.2 Å². The molecule has 1 aliphatic rings. The van der Waals surface area contributed by atoms with Gasteiger partial charge in [0.05, 0.1) is 0 Å². The van der Waals surface area contributed by atoms with Crippen LogP contribution in [0.1, 0.15) is 47.0 Å². The summed E-state index contributed by atoms with van der Waals surface area (Å²) in [6.45, 7) is 0.849. The monoisotopic (exact) mass is 439 g/mol. The number of nitrogens with zero attached hydrogens (tertiary/aromatic N) is 2.